The maximum atomic E-state index is 12.7. The fourth-order valence-corrected chi connectivity index (χ4v) is 3.69. The van der Waals surface area contributed by atoms with Gasteiger partial charge in [0.15, 0.2) is 5.11 Å². The topological polar surface area (TPSA) is 97.0 Å². The Labute approximate surface area is 196 Å². The van der Waals surface area contributed by atoms with Gasteiger partial charge in [-0.2, -0.15) is 0 Å². The second-order valence-electron chi connectivity index (χ2n) is 7.48. The third-order valence-electron chi connectivity index (χ3n) is 4.64. The highest BCUT2D eigenvalue weighted by molar-refractivity contribution is 9.10. The monoisotopic (exact) mass is 513 g/mol. The molecule has 10 heteroatoms. The van der Waals surface area contributed by atoms with Gasteiger partial charge >= 0.3 is 5.97 Å². The molecule has 1 aliphatic heterocycles. The molecular weight excluding hydrogens is 486 g/mol. The Morgan fingerprint density at radius 3 is 2.68 bits per heavy atom. The summed E-state index contributed by atoms with van der Waals surface area (Å²) in [6.45, 7) is 8.25. The predicted octanol–water partition coefficient (Wildman–Crippen LogP) is 2.78. The van der Waals surface area contributed by atoms with Crippen LogP contribution in [0.15, 0.2) is 22.7 Å². The lowest BCUT2D eigenvalue weighted by atomic mass is 10.1. The molecule has 0 bridgehead atoms. The highest BCUT2D eigenvalue weighted by Crippen LogP contribution is 2.27. The molecule has 2 unspecified atom stereocenters. The van der Waals surface area contributed by atoms with Crippen LogP contribution in [0.5, 0.6) is 5.75 Å². The first-order valence-corrected chi connectivity index (χ1v) is 11.4. The van der Waals surface area contributed by atoms with Crippen LogP contribution in [-0.4, -0.2) is 59.1 Å². The molecule has 1 aromatic carbocycles. The number of ether oxygens (including phenoxy) is 2. The number of benzene rings is 1. The van der Waals surface area contributed by atoms with E-state index in [9.17, 15) is 14.4 Å². The van der Waals surface area contributed by atoms with Crippen LogP contribution < -0.4 is 15.4 Å². The van der Waals surface area contributed by atoms with Crippen LogP contribution in [0, 0.1) is 0 Å². The first-order chi connectivity index (χ1) is 14.6. The number of amides is 2. The van der Waals surface area contributed by atoms with Crippen LogP contribution in [0.3, 0.4) is 0 Å². The molecular formula is C21H28BrN3O5S. The van der Waals surface area contributed by atoms with Crippen LogP contribution in [0.2, 0.25) is 0 Å². The fourth-order valence-electron chi connectivity index (χ4n) is 2.91. The van der Waals surface area contributed by atoms with Crippen LogP contribution in [0.25, 0.3) is 0 Å². The summed E-state index contributed by atoms with van der Waals surface area (Å²) in [6, 6.07) is 4.13. The van der Waals surface area contributed by atoms with E-state index in [4.69, 9.17) is 21.7 Å². The molecule has 1 fully saturated rings. The van der Waals surface area contributed by atoms with Crippen LogP contribution >= 0.6 is 28.1 Å². The number of carbonyl (C=O) groups is 3. The van der Waals surface area contributed by atoms with Gasteiger partial charge in [0.1, 0.15) is 11.8 Å². The lowest BCUT2D eigenvalue weighted by Gasteiger charge is -2.36. The maximum Gasteiger partial charge on any atom is 0.308 e. The van der Waals surface area contributed by atoms with Gasteiger partial charge in [0.05, 0.1) is 23.1 Å². The van der Waals surface area contributed by atoms with Crippen molar-refractivity contribution in [3.63, 3.8) is 0 Å². The first kappa shape index (κ1) is 25.1. The maximum absolute atomic E-state index is 12.7. The Bertz CT molecular complexity index is 848. The average Bonchev–Trinajstić information content (AvgIpc) is 2.70. The van der Waals surface area contributed by atoms with E-state index < -0.39 is 17.9 Å². The summed E-state index contributed by atoms with van der Waals surface area (Å²) < 4.78 is 11.6. The second-order valence-corrected chi connectivity index (χ2v) is 8.73. The number of thiocarbonyl (C=S) groups is 1. The number of piperazine rings is 1. The molecule has 170 valence electrons. The minimum Gasteiger partial charge on any atom is -0.490 e. The van der Waals surface area contributed by atoms with Gasteiger partial charge in [0, 0.05) is 18.7 Å². The van der Waals surface area contributed by atoms with Gasteiger partial charge in [0.2, 0.25) is 5.91 Å². The molecule has 1 heterocycles. The van der Waals surface area contributed by atoms with Crippen molar-refractivity contribution < 1.29 is 23.9 Å². The summed E-state index contributed by atoms with van der Waals surface area (Å²) in [5.41, 5.74) is 0.375. The Balaban J connectivity index is 2.07. The number of esters is 1. The molecule has 0 saturated carbocycles. The minimum absolute atomic E-state index is 0.00209. The molecule has 2 amide bonds. The van der Waals surface area contributed by atoms with Gasteiger partial charge in [-0.15, -0.1) is 0 Å². The number of hydrogen-bond acceptors (Lipinski definition) is 6. The zero-order valence-electron chi connectivity index (χ0n) is 18.1. The van der Waals surface area contributed by atoms with Crippen molar-refractivity contribution in [1.29, 1.82) is 0 Å². The zero-order chi connectivity index (χ0) is 23.1. The van der Waals surface area contributed by atoms with Crippen molar-refractivity contribution in [1.82, 2.24) is 15.5 Å². The van der Waals surface area contributed by atoms with Crippen molar-refractivity contribution in [2.75, 3.05) is 13.1 Å². The summed E-state index contributed by atoms with van der Waals surface area (Å²) in [5, 5.41) is 5.46. The molecule has 2 rings (SSSR count). The molecule has 2 atom stereocenters. The Morgan fingerprint density at radius 1 is 1.35 bits per heavy atom. The summed E-state index contributed by atoms with van der Waals surface area (Å²) in [7, 11) is 0. The number of rotatable bonds is 7. The number of carbonyl (C=O) groups excluding carboxylic acids is 3. The van der Waals surface area contributed by atoms with Gasteiger partial charge in [-0.3, -0.25) is 19.7 Å². The van der Waals surface area contributed by atoms with Crippen LogP contribution in [-0.2, 0) is 14.3 Å². The minimum atomic E-state index is -0.841. The van der Waals surface area contributed by atoms with E-state index in [0.717, 1.165) is 0 Å². The summed E-state index contributed by atoms with van der Waals surface area (Å²) in [4.78, 5) is 38.8. The number of nitrogens with one attached hydrogen (secondary N) is 2. The lowest BCUT2D eigenvalue weighted by Crippen LogP contribution is -2.60. The first-order valence-electron chi connectivity index (χ1n) is 10.2. The lowest BCUT2D eigenvalue weighted by molar-refractivity contribution is -0.151. The van der Waals surface area contributed by atoms with Crippen molar-refractivity contribution in [3.05, 3.63) is 28.2 Å². The second kappa shape index (κ2) is 11.4. The third-order valence-corrected chi connectivity index (χ3v) is 5.59. The normalized spacial score (nSPS) is 17.0. The Hall–Kier alpha value is -2.20. The van der Waals surface area contributed by atoms with Gasteiger partial charge in [-0.05, 0) is 73.5 Å². The molecule has 0 aliphatic carbocycles. The Morgan fingerprint density at radius 2 is 2.06 bits per heavy atom. The van der Waals surface area contributed by atoms with Crippen molar-refractivity contribution >= 4 is 51.0 Å². The van der Waals surface area contributed by atoms with Gasteiger partial charge in [0.25, 0.3) is 5.91 Å². The average molecular weight is 514 g/mol. The van der Waals surface area contributed by atoms with E-state index in [2.05, 4.69) is 26.6 Å². The van der Waals surface area contributed by atoms with E-state index >= 15 is 0 Å². The molecule has 1 aliphatic rings. The van der Waals surface area contributed by atoms with E-state index in [0.29, 0.717) is 35.3 Å². The smallest absolute Gasteiger partial charge is 0.308 e. The van der Waals surface area contributed by atoms with E-state index in [-0.39, 0.29) is 29.6 Å². The van der Waals surface area contributed by atoms with E-state index in [1.54, 1.807) is 30.0 Å². The molecule has 2 N–H and O–H groups in total. The van der Waals surface area contributed by atoms with Gasteiger partial charge in [-0.1, -0.05) is 6.92 Å². The molecule has 0 spiro atoms. The molecule has 8 nitrogen and oxygen atoms in total. The predicted molar refractivity (Wildman–Crippen MR) is 124 cm³/mol. The van der Waals surface area contributed by atoms with Crippen LogP contribution in [0.4, 0.5) is 0 Å². The summed E-state index contributed by atoms with van der Waals surface area (Å²) >= 11 is 8.79. The summed E-state index contributed by atoms with van der Waals surface area (Å²) in [5.74, 6) is -0.613. The van der Waals surface area contributed by atoms with Gasteiger partial charge < -0.3 is 19.7 Å². The molecule has 31 heavy (non-hydrogen) atoms. The fraction of sp³-hybridized carbons (Fsp3) is 0.524. The van der Waals surface area contributed by atoms with E-state index in [1.165, 1.54) is 0 Å². The Kier molecular flexibility index (Phi) is 9.24. The molecule has 1 saturated heterocycles. The molecule has 0 aromatic heterocycles. The quantitative estimate of drug-likeness (QED) is 0.427. The SMILES string of the molecule is CCC(C)OC(=O)CC1C(=O)NCCN1C(=S)NC(=O)c1ccc(OC(C)C)c(Br)c1. The number of hydrogen-bond donors (Lipinski definition) is 2. The van der Waals surface area contributed by atoms with Crippen molar-refractivity contribution in [3.8, 4) is 5.75 Å². The zero-order valence-corrected chi connectivity index (χ0v) is 20.5. The van der Waals surface area contributed by atoms with Crippen LogP contribution in [0.1, 0.15) is 50.9 Å². The molecule has 1 aromatic rings. The van der Waals surface area contributed by atoms with E-state index in [1.807, 2.05) is 20.8 Å². The highest BCUT2D eigenvalue weighted by Gasteiger charge is 2.34. The standard InChI is InChI=1S/C21H28BrN3O5S/c1-5-13(4)30-18(26)11-16-20(28)23-8-9-25(16)21(31)24-19(27)14-6-7-17(15(22)10-14)29-12(2)3/h6-7,10,12-13,16H,5,8-9,11H2,1-4H3,(H,23,28)(H,24,27,31). The molecule has 0 radical (unpaired) electrons. The number of halogens is 1. The highest BCUT2D eigenvalue weighted by atomic mass is 79.9. The van der Waals surface area contributed by atoms with Gasteiger partial charge in [-0.25, -0.2) is 0 Å². The largest absolute Gasteiger partial charge is 0.490 e. The number of nitrogens with zero attached hydrogens (tertiary/aromatic N) is 1. The van der Waals surface area contributed by atoms with Crippen molar-refractivity contribution in [2.24, 2.45) is 0 Å². The van der Waals surface area contributed by atoms with Crippen molar-refractivity contribution in [2.45, 2.75) is 58.8 Å². The third kappa shape index (κ3) is 7.17. The summed E-state index contributed by atoms with van der Waals surface area (Å²) in [6.07, 6.45) is 0.286.